The van der Waals surface area contributed by atoms with E-state index in [1.165, 1.54) is 0 Å². The maximum atomic E-state index is 13.9. The largest absolute Gasteiger partial charge is 0.342 e. The van der Waals surface area contributed by atoms with Crippen molar-refractivity contribution in [3.8, 4) is 0 Å². The second-order valence-electron chi connectivity index (χ2n) is 5.42. The van der Waals surface area contributed by atoms with Crippen molar-refractivity contribution in [1.29, 1.82) is 0 Å². The number of carbonyl (C=O) groups excluding carboxylic acids is 1. The van der Waals surface area contributed by atoms with Gasteiger partial charge in [0.05, 0.1) is 11.6 Å². The molecule has 1 aromatic carbocycles. The molecule has 25 heavy (non-hydrogen) atoms. The summed E-state index contributed by atoms with van der Waals surface area (Å²) >= 11 is 1.63. The highest BCUT2D eigenvalue weighted by Crippen LogP contribution is 2.19. The van der Waals surface area contributed by atoms with Crippen molar-refractivity contribution < 1.29 is 13.6 Å². The van der Waals surface area contributed by atoms with E-state index in [0.717, 1.165) is 17.9 Å². The Kier molecular flexibility index (Phi) is 5.28. The molecule has 0 bridgehead atoms. The van der Waals surface area contributed by atoms with Crippen molar-refractivity contribution in [3.63, 3.8) is 0 Å². The van der Waals surface area contributed by atoms with Crippen LogP contribution in [0.5, 0.6) is 0 Å². The average Bonchev–Trinajstić information content (AvgIpc) is 3.02. The quantitative estimate of drug-likeness (QED) is 0.731. The first-order valence-electron chi connectivity index (χ1n) is 7.64. The maximum Gasteiger partial charge on any atom is 0.254 e. The molecule has 5 nitrogen and oxygen atoms in total. The molecule has 1 amide bonds. The third-order valence-electron chi connectivity index (χ3n) is 3.74. The third-order valence-corrected chi connectivity index (χ3v) is 4.39. The topological polar surface area (TPSA) is 59.3 Å². The number of amides is 1. The summed E-state index contributed by atoms with van der Waals surface area (Å²) in [5, 5.41) is 11.0. The normalized spacial score (nSPS) is 12.3. The average molecular weight is 362 g/mol. The highest BCUT2D eigenvalue weighted by atomic mass is 32.2. The number of nitrogens with zero attached hydrogens (tertiary/aromatic N) is 3. The zero-order valence-electron chi connectivity index (χ0n) is 13.4. The van der Waals surface area contributed by atoms with Crippen LogP contribution in [0.1, 0.15) is 28.6 Å². The Morgan fingerprint density at radius 1 is 1.28 bits per heavy atom. The predicted octanol–water partition coefficient (Wildman–Crippen LogP) is 3.23. The van der Waals surface area contributed by atoms with Crippen LogP contribution in [0.2, 0.25) is 0 Å². The van der Waals surface area contributed by atoms with Gasteiger partial charge in [0.1, 0.15) is 11.6 Å². The molecule has 3 aromatic rings. The number of hydrogen-bond donors (Lipinski definition) is 1. The molecule has 1 atom stereocenters. The lowest BCUT2D eigenvalue weighted by Gasteiger charge is -2.17. The van der Waals surface area contributed by atoms with Crippen molar-refractivity contribution in [2.45, 2.75) is 12.5 Å². The first-order chi connectivity index (χ1) is 12.1. The summed E-state index contributed by atoms with van der Waals surface area (Å²) < 4.78 is 28.7. The van der Waals surface area contributed by atoms with Gasteiger partial charge < -0.3 is 5.32 Å². The van der Waals surface area contributed by atoms with E-state index in [1.807, 2.05) is 24.5 Å². The second-order valence-corrected chi connectivity index (χ2v) is 6.40. The van der Waals surface area contributed by atoms with Gasteiger partial charge in [0.25, 0.3) is 5.91 Å². The van der Waals surface area contributed by atoms with Crippen LogP contribution in [0.3, 0.4) is 0 Å². The smallest absolute Gasteiger partial charge is 0.254 e. The summed E-state index contributed by atoms with van der Waals surface area (Å²) in [5.74, 6) is -0.890. The molecule has 8 heteroatoms. The van der Waals surface area contributed by atoms with Crippen LogP contribution in [-0.2, 0) is 0 Å². The summed E-state index contributed by atoms with van der Waals surface area (Å²) in [5.41, 5.74) is 0.457. The number of pyridine rings is 1. The number of aromatic nitrogens is 3. The van der Waals surface area contributed by atoms with E-state index in [4.69, 9.17) is 0 Å². The molecule has 1 N–H and O–H groups in total. The van der Waals surface area contributed by atoms with E-state index < -0.39 is 23.6 Å². The van der Waals surface area contributed by atoms with Crippen LogP contribution in [-0.4, -0.2) is 32.5 Å². The molecular weight excluding hydrogens is 346 g/mol. The Morgan fingerprint density at radius 2 is 2.12 bits per heavy atom. The van der Waals surface area contributed by atoms with Gasteiger partial charge in [-0.05, 0) is 42.7 Å². The van der Waals surface area contributed by atoms with Gasteiger partial charge in [0, 0.05) is 12.3 Å². The molecule has 0 radical (unpaired) electrons. The molecule has 0 fully saturated rings. The Balaban J connectivity index is 1.89. The van der Waals surface area contributed by atoms with E-state index in [2.05, 4.69) is 15.5 Å². The van der Waals surface area contributed by atoms with Gasteiger partial charge in [-0.3, -0.25) is 9.20 Å². The third kappa shape index (κ3) is 3.79. The van der Waals surface area contributed by atoms with Crippen LogP contribution in [0, 0.1) is 11.6 Å². The minimum atomic E-state index is -0.896. The zero-order valence-corrected chi connectivity index (χ0v) is 14.3. The van der Waals surface area contributed by atoms with Gasteiger partial charge in [-0.1, -0.05) is 6.07 Å². The summed E-state index contributed by atoms with van der Waals surface area (Å²) in [6, 6.07) is 7.93. The monoisotopic (exact) mass is 362 g/mol. The van der Waals surface area contributed by atoms with Gasteiger partial charge in [0.15, 0.2) is 11.5 Å². The van der Waals surface area contributed by atoms with Crippen LogP contribution in [0.15, 0.2) is 42.6 Å². The van der Waals surface area contributed by atoms with E-state index >= 15 is 0 Å². The summed E-state index contributed by atoms with van der Waals surface area (Å²) in [6.45, 7) is 0. The lowest BCUT2D eigenvalue weighted by molar-refractivity contribution is 0.0929. The molecule has 3 rings (SSSR count). The standard InChI is InChI=1S/C17H16F2N4OS/c1-25-9-7-14(16-22-21-15-4-2-3-8-23(15)16)20-17(24)12-6-5-11(18)10-13(12)19/h2-6,8,10,14H,7,9H2,1H3,(H,20,24). The zero-order chi connectivity index (χ0) is 17.8. The number of hydrogen-bond acceptors (Lipinski definition) is 4. The Bertz CT molecular complexity index is 899. The number of rotatable bonds is 6. The molecule has 0 saturated carbocycles. The minimum absolute atomic E-state index is 0.204. The van der Waals surface area contributed by atoms with Crippen LogP contribution < -0.4 is 5.32 Å². The minimum Gasteiger partial charge on any atom is -0.342 e. The molecule has 0 spiro atoms. The van der Waals surface area contributed by atoms with Crippen LogP contribution >= 0.6 is 11.8 Å². The number of fused-ring (bicyclic) bond motifs is 1. The van der Waals surface area contributed by atoms with Crippen molar-refractivity contribution in [1.82, 2.24) is 19.9 Å². The van der Waals surface area contributed by atoms with Crippen molar-refractivity contribution in [2.75, 3.05) is 12.0 Å². The molecule has 130 valence electrons. The maximum absolute atomic E-state index is 13.9. The number of carbonyl (C=O) groups is 1. The van der Waals surface area contributed by atoms with Gasteiger partial charge >= 0.3 is 0 Å². The van der Waals surface area contributed by atoms with Crippen molar-refractivity contribution in [2.24, 2.45) is 0 Å². The molecule has 0 aliphatic carbocycles. The fourth-order valence-corrected chi connectivity index (χ4v) is 2.98. The van der Waals surface area contributed by atoms with Crippen LogP contribution in [0.25, 0.3) is 5.65 Å². The molecule has 0 aliphatic heterocycles. The van der Waals surface area contributed by atoms with E-state index in [0.29, 0.717) is 24.0 Å². The van der Waals surface area contributed by atoms with Crippen LogP contribution in [0.4, 0.5) is 8.78 Å². The molecule has 2 heterocycles. The summed E-state index contributed by atoms with van der Waals surface area (Å²) in [4.78, 5) is 12.4. The van der Waals surface area contributed by atoms with E-state index in [9.17, 15) is 13.6 Å². The Morgan fingerprint density at radius 3 is 2.88 bits per heavy atom. The summed E-state index contributed by atoms with van der Waals surface area (Å²) in [6.07, 6.45) is 4.37. The number of halogens is 2. The first kappa shape index (κ1) is 17.3. The van der Waals surface area contributed by atoms with Gasteiger partial charge in [0.2, 0.25) is 0 Å². The molecule has 2 aromatic heterocycles. The van der Waals surface area contributed by atoms with Gasteiger partial charge in [-0.2, -0.15) is 11.8 Å². The van der Waals surface area contributed by atoms with Gasteiger partial charge in [-0.15, -0.1) is 10.2 Å². The Labute approximate surface area is 147 Å². The highest BCUT2D eigenvalue weighted by Gasteiger charge is 2.22. The first-order valence-corrected chi connectivity index (χ1v) is 9.04. The lowest BCUT2D eigenvalue weighted by atomic mass is 10.1. The predicted molar refractivity (Wildman–Crippen MR) is 92.6 cm³/mol. The highest BCUT2D eigenvalue weighted by molar-refractivity contribution is 7.98. The second kappa shape index (κ2) is 7.60. The van der Waals surface area contributed by atoms with Crippen molar-refractivity contribution in [3.05, 3.63) is 65.6 Å². The fourth-order valence-electron chi connectivity index (χ4n) is 2.51. The lowest BCUT2D eigenvalue weighted by Crippen LogP contribution is -2.31. The number of benzene rings is 1. The van der Waals surface area contributed by atoms with E-state index in [-0.39, 0.29) is 5.56 Å². The molecule has 0 saturated heterocycles. The SMILES string of the molecule is CSCCC(NC(=O)c1ccc(F)cc1F)c1nnc2ccccn12. The van der Waals surface area contributed by atoms with Crippen molar-refractivity contribution >= 4 is 23.3 Å². The fraction of sp³-hybridized carbons (Fsp3) is 0.235. The Hall–Kier alpha value is -2.48. The number of nitrogens with one attached hydrogen (secondary N) is 1. The molecule has 0 aliphatic rings. The van der Waals surface area contributed by atoms with Gasteiger partial charge in [-0.25, -0.2) is 8.78 Å². The summed E-state index contributed by atoms with van der Waals surface area (Å²) in [7, 11) is 0. The van der Waals surface area contributed by atoms with E-state index in [1.54, 1.807) is 22.4 Å². The molecule has 1 unspecified atom stereocenters. The molecular formula is C17H16F2N4OS. The number of thioether (sulfide) groups is 1.